The van der Waals surface area contributed by atoms with Gasteiger partial charge in [-0.1, -0.05) is 20.8 Å². The van der Waals surface area contributed by atoms with Gasteiger partial charge in [0.05, 0.1) is 12.2 Å². The highest BCUT2D eigenvalue weighted by molar-refractivity contribution is 5.73. The van der Waals surface area contributed by atoms with Crippen LogP contribution in [0.25, 0.3) is 0 Å². The predicted octanol–water partition coefficient (Wildman–Crippen LogP) is 2.39. The average molecular weight is 569 g/mol. The average Bonchev–Trinajstić information content (AvgIpc) is 3.25. The van der Waals surface area contributed by atoms with Crippen molar-refractivity contribution in [3.8, 4) is 0 Å². The molecular weight excluding hydrogens is 520 g/mol. The summed E-state index contributed by atoms with van der Waals surface area (Å²) in [7, 11) is 0. The lowest BCUT2D eigenvalue weighted by molar-refractivity contribution is -0.310. The van der Waals surface area contributed by atoms with Crippen LogP contribution in [0.2, 0.25) is 0 Å². The van der Waals surface area contributed by atoms with Gasteiger partial charge in [-0.15, -0.1) is 0 Å². The van der Waals surface area contributed by atoms with Crippen molar-refractivity contribution in [3.63, 3.8) is 0 Å². The molecule has 0 amide bonds. The van der Waals surface area contributed by atoms with Crippen molar-refractivity contribution in [2.24, 2.45) is 46.3 Å². The molecule has 1 aliphatic heterocycles. The van der Waals surface area contributed by atoms with E-state index >= 15 is 0 Å². The van der Waals surface area contributed by atoms with E-state index in [0.717, 1.165) is 32.1 Å². The molecule has 0 radical (unpaired) electrons. The molecule has 1 heterocycles. The zero-order valence-corrected chi connectivity index (χ0v) is 23.9. The van der Waals surface area contributed by atoms with E-state index in [4.69, 9.17) is 9.47 Å². The normalized spacial score (nSPS) is 51.3. The summed E-state index contributed by atoms with van der Waals surface area (Å²) in [6, 6.07) is 0. The van der Waals surface area contributed by atoms with Gasteiger partial charge >= 0.3 is 11.9 Å². The number of hydrogen-bond donors (Lipinski definition) is 6. The summed E-state index contributed by atoms with van der Waals surface area (Å²) in [5.74, 6) is -0.107. The Labute approximate surface area is 236 Å². The minimum Gasteiger partial charge on any atom is -0.481 e. The van der Waals surface area contributed by atoms with E-state index in [2.05, 4.69) is 20.8 Å². The zero-order valence-electron chi connectivity index (χ0n) is 23.9. The number of aliphatic hydroxyl groups is 4. The van der Waals surface area contributed by atoms with E-state index in [9.17, 15) is 40.2 Å². The predicted molar refractivity (Wildman–Crippen MR) is 142 cm³/mol. The van der Waals surface area contributed by atoms with Crippen LogP contribution in [0.1, 0.15) is 85.0 Å². The molecule has 10 nitrogen and oxygen atoms in total. The molecule has 40 heavy (non-hydrogen) atoms. The minimum atomic E-state index is -1.75. The third kappa shape index (κ3) is 5.00. The summed E-state index contributed by atoms with van der Waals surface area (Å²) >= 11 is 0. The number of aliphatic hydroxyl groups excluding tert-OH is 4. The van der Waals surface area contributed by atoms with Crippen LogP contribution in [0.4, 0.5) is 0 Å². The van der Waals surface area contributed by atoms with Crippen molar-refractivity contribution < 1.29 is 49.7 Å². The number of carboxylic acids is 2. The summed E-state index contributed by atoms with van der Waals surface area (Å²) in [5.41, 5.74) is 0.146. The molecule has 15 atom stereocenters. The molecule has 0 bridgehead atoms. The first kappa shape index (κ1) is 30.2. The molecule has 5 aliphatic rings. The van der Waals surface area contributed by atoms with Gasteiger partial charge in [0.1, 0.15) is 18.3 Å². The first-order valence-electron chi connectivity index (χ1n) is 15.3. The van der Waals surface area contributed by atoms with E-state index < -0.39 is 48.7 Å². The van der Waals surface area contributed by atoms with Crippen molar-refractivity contribution in [1.82, 2.24) is 0 Å². The molecule has 0 unspecified atom stereocenters. The molecule has 5 fully saturated rings. The SMILES string of the molecule is C[C@H](CCC(=O)O)[C@H]1CC[C@H]2[C@@H]3[C@H](O)C[C@@H]4C[C@H](O[C@@H]5O[C@H](C(=O)O)[C@@H](O)[C@H](O)[C@H]5O)CC[C@]4(C)[C@H]3CC[C@]12C. The van der Waals surface area contributed by atoms with Crippen molar-refractivity contribution in [2.75, 3.05) is 0 Å². The van der Waals surface area contributed by atoms with E-state index in [1.165, 1.54) is 0 Å². The molecule has 1 saturated heterocycles. The Morgan fingerprint density at radius 2 is 1.57 bits per heavy atom. The Bertz CT molecular complexity index is 959. The fourth-order valence-corrected chi connectivity index (χ4v) is 10.2. The monoisotopic (exact) mass is 568 g/mol. The van der Waals surface area contributed by atoms with Crippen molar-refractivity contribution in [2.45, 2.75) is 128 Å². The molecule has 4 saturated carbocycles. The smallest absolute Gasteiger partial charge is 0.335 e. The minimum absolute atomic E-state index is 0.0312. The van der Waals surface area contributed by atoms with Crippen molar-refractivity contribution in [1.29, 1.82) is 0 Å². The van der Waals surface area contributed by atoms with Gasteiger partial charge in [0.2, 0.25) is 0 Å². The third-order valence-electron chi connectivity index (χ3n) is 12.3. The Hall–Kier alpha value is -1.30. The number of carbonyl (C=O) groups is 2. The lowest BCUT2D eigenvalue weighted by atomic mass is 9.43. The maximum Gasteiger partial charge on any atom is 0.335 e. The Morgan fingerprint density at radius 1 is 0.900 bits per heavy atom. The summed E-state index contributed by atoms with van der Waals surface area (Å²) < 4.78 is 11.4. The second kappa shape index (κ2) is 11.1. The highest BCUT2D eigenvalue weighted by Gasteiger charge is 2.63. The molecule has 0 aromatic rings. The first-order chi connectivity index (χ1) is 18.8. The van der Waals surface area contributed by atoms with Gasteiger partial charge in [0.15, 0.2) is 12.4 Å². The zero-order chi connectivity index (χ0) is 29.1. The van der Waals surface area contributed by atoms with Crippen molar-refractivity contribution >= 4 is 11.9 Å². The van der Waals surface area contributed by atoms with Gasteiger partial charge in [0, 0.05) is 6.42 Å². The maximum atomic E-state index is 11.6. The molecular formula is C30H48O10. The van der Waals surface area contributed by atoms with Gasteiger partial charge in [-0.3, -0.25) is 4.79 Å². The Balaban J connectivity index is 1.27. The number of hydrogen-bond acceptors (Lipinski definition) is 8. The van der Waals surface area contributed by atoms with E-state index in [-0.39, 0.29) is 35.2 Å². The number of carboxylic acid groups (broad SMARTS) is 2. The fourth-order valence-electron chi connectivity index (χ4n) is 10.2. The highest BCUT2D eigenvalue weighted by Crippen LogP contribution is 2.68. The molecule has 0 aromatic heterocycles. The van der Waals surface area contributed by atoms with Crippen LogP contribution in [0, 0.1) is 46.3 Å². The molecule has 5 rings (SSSR count). The maximum absolute atomic E-state index is 11.6. The number of rotatable bonds is 7. The van der Waals surface area contributed by atoms with Crippen LogP contribution < -0.4 is 0 Å². The van der Waals surface area contributed by atoms with E-state index in [1.807, 2.05) is 0 Å². The van der Waals surface area contributed by atoms with Gasteiger partial charge in [0.25, 0.3) is 0 Å². The summed E-state index contributed by atoms with van der Waals surface area (Å²) in [4.78, 5) is 22.7. The van der Waals surface area contributed by atoms with Crippen LogP contribution in [0.3, 0.4) is 0 Å². The van der Waals surface area contributed by atoms with Crippen LogP contribution in [0.5, 0.6) is 0 Å². The molecule has 0 aromatic carbocycles. The lowest BCUT2D eigenvalue weighted by Gasteiger charge is -2.62. The molecule has 228 valence electrons. The standard InChI is InChI=1S/C30H48O10/c1-14(4-7-21(32)33)17-5-6-18-22-19(9-11-30(17,18)3)29(2)10-8-16(12-15(29)13-20(22)31)39-28-25(36)23(34)24(35)26(40-28)27(37)38/h14-20,22-26,28,31,34-36H,4-13H2,1-3H3,(H,32,33)(H,37,38)/t14-,15+,16-,17-,18+,19+,20-,22+,23+,24+,25-,26+,28-,29+,30-/m1/s1. The molecule has 10 heteroatoms. The Kier molecular flexibility index (Phi) is 8.36. The summed E-state index contributed by atoms with van der Waals surface area (Å²) in [6.45, 7) is 6.95. The second-order valence-electron chi connectivity index (χ2n) is 14.2. The van der Waals surface area contributed by atoms with Gasteiger partial charge in [-0.2, -0.15) is 0 Å². The summed E-state index contributed by atoms with van der Waals surface area (Å²) in [5, 5.41) is 60.8. The molecule has 0 spiro atoms. The lowest BCUT2D eigenvalue weighted by Crippen LogP contribution is -2.61. The second-order valence-corrected chi connectivity index (χ2v) is 14.2. The van der Waals surface area contributed by atoms with Crippen LogP contribution in [-0.2, 0) is 19.1 Å². The quantitative estimate of drug-likeness (QED) is 0.250. The number of aliphatic carboxylic acids is 2. The topological polar surface area (TPSA) is 174 Å². The van der Waals surface area contributed by atoms with Crippen molar-refractivity contribution in [3.05, 3.63) is 0 Å². The van der Waals surface area contributed by atoms with Gasteiger partial charge in [-0.25, -0.2) is 4.79 Å². The van der Waals surface area contributed by atoms with Crippen LogP contribution in [-0.4, -0.2) is 85.5 Å². The van der Waals surface area contributed by atoms with Gasteiger partial charge < -0.3 is 40.1 Å². The third-order valence-corrected chi connectivity index (χ3v) is 12.3. The van der Waals surface area contributed by atoms with Crippen LogP contribution in [0.15, 0.2) is 0 Å². The largest absolute Gasteiger partial charge is 0.481 e. The summed E-state index contributed by atoms with van der Waals surface area (Å²) in [6.07, 6.45) is -0.687. The van der Waals surface area contributed by atoms with Gasteiger partial charge in [-0.05, 0) is 104 Å². The molecule has 4 aliphatic carbocycles. The Morgan fingerprint density at radius 3 is 2.25 bits per heavy atom. The first-order valence-corrected chi connectivity index (χ1v) is 15.3. The van der Waals surface area contributed by atoms with E-state index in [1.54, 1.807) is 0 Å². The molecule has 6 N–H and O–H groups in total. The number of ether oxygens (including phenoxy) is 2. The van der Waals surface area contributed by atoms with E-state index in [0.29, 0.717) is 49.4 Å². The highest BCUT2D eigenvalue weighted by atomic mass is 16.7. The fraction of sp³-hybridized carbons (Fsp3) is 0.933. The van der Waals surface area contributed by atoms with Crippen LogP contribution >= 0.6 is 0 Å². The number of fused-ring (bicyclic) bond motifs is 5.